The molecule has 0 aliphatic carbocycles. The van der Waals surface area contributed by atoms with Crippen molar-refractivity contribution in [3.05, 3.63) is 89.9 Å². The average molecular weight is 689 g/mol. The molecule has 1 aromatic heterocycles. The lowest BCUT2D eigenvalue weighted by Gasteiger charge is -2.17. The minimum atomic E-state index is -4.67. The lowest BCUT2D eigenvalue weighted by Crippen LogP contribution is -2.21. The molecule has 3 aromatic carbocycles. The van der Waals surface area contributed by atoms with Gasteiger partial charge >= 0.3 is 12.3 Å². The predicted octanol–water partition coefficient (Wildman–Crippen LogP) is 6.63. The van der Waals surface area contributed by atoms with Crippen LogP contribution in [0.3, 0.4) is 0 Å². The van der Waals surface area contributed by atoms with Gasteiger partial charge in [-0.1, -0.05) is 12.1 Å². The fraction of sp³-hybridized carbons (Fsp3) is 0.250. The summed E-state index contributed by atoms with van der Waals surface area (Å²) in [5, 5.41) is 18.3. The SMILES string of the molecule is CCOC(=O)N=S(C)(=O)c1ccc(Nc2ncc(-c3ccc(NC(=O)Cc4cc(C(F)(F)F)ccc4F)cc3)c(NC(C)CO)n2)cc1. The van der Waals surface area contributed by atoms with Crippen LogP contribution < -0.4 is 16.0 Å². The van der Waals surface area contributed by atoms with E-state index in [9.17, 15) is 36.5 Å². The predicted molar refractivity (Wildman–Crippen MR) is 173 cm³/mol. The highest BCUT2D eigenvalue weighted by Gasteiger charge is 2.31. The maximum Gasteiger partial charge on any atom is 0.442 e. The third-order valence-electron chi connectivity index (χ3n) is 6.71. The molecule has 0 aliphatic heterocycles. The smallest absolute Gasteiger partial charge is 0.442 e. The number of hydrogen-bond acceptors (Lipinski definition) is 9. The number of halogens is 4. The fourth-order valence-corrected chi connectivity index (χ4v) is 5.39. The van der Waals surface area contributed by atoms with Gasteiger partial charge in [-0.2, -0.15) is 18.2 Å². The van der Waals surface area contributed by atoms with Crippen molar-refractivity contribution in [1.29, 1.82) is 0 Å². The topological polar surface area (TPSA) is 155 Å². The Hall–Kier alpha value is -5.09. The van der Waals surface area contributed by atoms with E-state index in [0.29, 0.717) is 51.4 Å². The van der Waals surface area contributed by atoms with E-state index < -0.39 is 45.7 Å². The van der Waals surface area contributed by atoms with Crippen LogP contribution in [0.1, 0.15) is 25.0 Å². The number of aromatic nitrogens is 2. The third kappa shape index (κ3) is 9.48. The van der Waals surface area contributed by atoms with Crippen LogP contribution in [0.25, 0.3) is 11.1 Å². The number of rotatable bonds is 11. The van der Waals surface area contributed by atoms with Crippen molar-refractivity contribution < 1.29 is 41.2 Å². The van der Waals surface area contributed by atoms with Gasteiger partial charge < -0.3 is 25.8 Å². The molecular formula is C32H32F4N6O5S. The lowest BCUT2D eigenvalue weighted by atomic mass is 10.1. The van der Waals surface area contributed by atoms with E-state index in [1.807, 2.05) is 0 Å². The molecule has 1 heterocycles. The molecule has 254 valence electrons. The van der Waals surface area contributed by atoms with E-state index in [0.717, 1.165) is 0 Å². The second-order valence-corrected chi connectivity index (χ2v) is 12.8. The van der Waals surface area contributed by atoms with Crippen molar-refractivity contribution in [3.63, 3.8) is 0 Å². The minimum absolute atomic E-state index is 0.106. The van der Waals surface area contributed by atoms with Gasteiger partial charge in [-0.05, 0) is 79.6 Å². The number of aliphatic hydroxyl groups excluding tert-OH is 1. The largest absolute Gasteiger partial charge is 0.448 e. The fourth-order valence-electron chi connectivity index (χ4n) is 4.30. The molecule has 4 rings (SSSR count). The van der Waals surface area contributed by atoms with Crippen molar-refractivity contribution in [2.75, 3.05) is 35.4 Å². The third-order valence-corrected chi connectivity index (χ3v) is 8.36. The normalized spacial score (nSPS) is 13.2. The Morgan fingerprint density at radius 1 is 1.04 bits per heavy atom. The lowest BCUT2D eigenvalue weighted by molar-refractivity contribution is -0.137. The first-order valence-electron chi connectivity index (χ1n) is 14.4. The van der Waals surface area contributed by atoms with Crippen molar-refractivity contribution in [3.8, 4) is 11.1 Å². The summed E-state index contributed by atoms with van der Waals surface area (Å²) in [6.07, 6.45) is -3.32. The Labute approximate surface area is 274 Å². The van der Waals surface area contributed by atoms with E-state index in [1.54, 1.807) is 62.4 Å². The zero-order valence-corrected chi connectivity index (χ0v) is 26.8. The monoisotopic (exact) mass is 688 g/mol. The van der Waals surface area contributed by atoms with Gasteiger partial charge in [-0.25, -0.2) is 18.4 Å². The van der Waals surface area contributed by atoms with Crippen molar-refractivity contribution in [2.24, 2.45) is 4.36 Å². The molecular weight excluding hydrogens is 656 g/mol. The highest BCUT2D eigenvalue weighted by Crippen LogP contribution is 2.31. The molecule has 11 nitrogen and oxygen atoms in total. The summed E-state index contributed by atoms with van der Waals surface area (Å²) in [6.45, 7) is 3.27. The van der Waals surface area contributed by atoms with Gasteiger partial charge in [0.25, 0.3) is 0 Å². The zero-order chi connectivity index (χ0) is 35.1. The van der Waals surface area contributed by atoms with Crippen LogP contribution in [0.5, 0.6) is 0 Å². The summed E-state index contributed by atoms with van der Waals surface area (Å²) in [6, 6.07) is 14.3. The first-order chi connectivity index (χ1) is 22.7. The van der Waals surface area contributed by atoms with Gasteiger partial charge in [-0.3, -0.25) is 4.79 Å². The Morgan fingerprint density at radius 2 is 1.71 bits per heavy atom. The maximum atomic E-state index is 14.1. The summed E-state index contributed by atoms with van der Waals surface area (Å²) in [5.41, 5.74) is 0.607. The van der Waals surface area contributed by atoms with E-state index >= 15 is 0 Å². The number of carbonyl (C=O) groups excluding carboxylic acids is 2. The van der Waals surface area contributed by atoms with Crippen LogP contribution in [0.2, 0.25) is 0 Å². The highest BCUT2D eigenvalue weighted by atomic mass is 32.2. The summed E-state index contributed by atoms with van der Waals surface area (Å²) in [5.74, 6) is -1.07. The van der Waals surface area contributed by atoms with Crippen molar-refractivity contribution >= 4 is 44.9 Å². The molecule has 16 heteroatoms. The van der Waals surface area contributed by atoms with Gasteiger partial charge in [0, 0.05) is 40.3 Å². The van der Waals surface area contributed by atoms with Crippen molar-refractivity contribution in [2.45, 2.75) is 37.4 Å². The Morgan fingerprint density at radius 3 is 2.33 bits per heavy atom. The molecule has 0 saturated heterocycles. The zero-order valence-electron chi connectivity index (χ0n) is 26.0. The minimum Gasteiger partial charge on any atom is -0.448 e. The van der Waals surface area contributed by atoms with Gasteiger partial charge in [0.05, 0.1) is 34.9 Å². The van der Waals surface area contributed by atoms with Crippen LogP contribution in [-0.4, -0.2) is 56.8 Å². The van der Waals surface area contributed by atoms with Crippen molar-refractivity contribution in [1.82, 2.24) is 9.97 Å². The molecule has 0 radical (unpaired) electrons. The number of nitrogens with zero attached hydrogens (tertiary/aromatic N) is 3. The van der Waals surface area contributed by atoms with E-state index in [1.165, 1.54) is 12.5 Å². The molecule has 2 atom stereocenters. The van der Waals surface area contributed by atoms with Crippen LogP contribution in [0.15, 0.2) is 82.2 Å². The van der Waals surface area contributed by atoms with Gasteiger partial charge in [0.15, 0.2) is 0 Å². The number of carbonyl (C=O) groups is 2. The average Bonchev–Trinajstić information content (AvgIpc) is 3.02. The van der Waals surface area contributed by atoms with Gasteiger partial charge in [-0.15, -0.1) is 4.36 Å². The second kappa shape index (κ2) is 15.2. The number of ether oxygens (including phenoxy) is 1. The standard InChI is InChI=1S/C32H32F4N6O5S/c1-4-47-31(45)42-48(3,46)25-12-10-24(11-13-25)40-30-37-17-26(29(41-30)38-19(2)18-43)20-5-8-23(9-6-20)39-28(44)16-21-15-22(32(34,35)36)7-14-27(21)33/h5-15,17,19,43H,4,16,18H2,1-3H3,(H,39,44)(H2,37,38,40,41). The van der Waals surface area contributed by atoms with Crippen LogP contribution in [0, 0.1) is 5.82 Å². The first kappa shape index (κ1) is 35.8. The number of anilines is 4. The molecule has 0 spiro atoms. The number of nitrogens with one attached hydrogen (secondary N) is 3. The number of aliphatic hydroxyl groups is 1. The summed E-state index contributed by atoms with van der Waals surface area (Å²) >= 11 is 0. The summed E-state index contributed by atoms with van der Waals surface area (Å²) in [4.78, 5) is 33.5. The molecule has 48 heavy (non-hydrogen) atoms. The number of benzene rings is 3. The summed E-state index contributed by atoms with van der Waals surface area (Å²) in [7, 11) is -3.03. The van der Waals surface area contributed by atoms with Crippen LogP contribution >= 0.6 is 0 Å². The molecule has 0 bridgehead atoms. The molecule has 0 saturated carbocycles. The number of amides is 2. The highest BCUT2D eigenvalue weighted by molar-refractivity contribution is 7.93. The maximum absolute atomic E-state index is 14.1. The molecule has 2 amide bonds. The Bertz CT molecular complexity index is 1900. The first-order valence-corrected chi connectivity index (χ1v) is 16.4. The number of hydrogen-bond donors (Lipinski definition) is 4. The molecule has 4 N–H and O–H groups in total. The van der Waals surface area contributed by atoms with Gasteiger partial charge in [0.2, 0.25) is 11.9 Å². The molecule has 0 fully saturated rings. The second-order valence-electron chi connectivity index (χ2n) is 10.5. The molecule has 0 aliphatic rings. The summed E-state index contributed by atoms with van der Waals surface area (Å²) < 4.78 is 74.5. The Balaban J connectivity index is 1.50. The molecule has 2 unspecified atom stereocenters. The Kier molecular flexibility index (Phi) is 11.3. The van der Waals surface area contributed by atoms with Gasteiger partial charge in [0.1, 0.15) is 11.6 Å². The van der Waals surface area contributed by atoms with E-state index in [4.69, 9.17) is 4.74 Å². The quantitative estimate of drug-likeness (QED) is 0.127. The van der Waals surface area contributed by atoms with E-state index in [2.05, 4.69) is 30.3 Å². The number of alkyl halides is 3. The van der Waals surface area contributed by atoms with Crippen LogP contribution in [0.4, 0.5) is 45.5 Å². The molecule has 4 aromatic rings. The van der Waals surface area contributed by atoms with E-state index in [-0.39, 0.29) is 30.8 Å². The van der Waals surface area contributed by atoms with Crippen LogP contribution in [-0.2, 0) is 31.9 Å².